The van der Waals surface area contributed by atoms with Crippen LogP contribution < -0.4 is 4.74 Å². The van der Waals surface area contributed by atoms with Crippen LogP contribution in [-0.4, -0.2) is 30.6 Å². The van der Waals surface area contributed by atoms with E-state index in [2.05, 4.69) is 32.3 Å². The van der Waals surface area contributed by atoms with Crippen molar-refractivity contribution in [2.45, 2.75) is 46.1 Å². The fraction of sp³-hybridized carbons (Fsp3) is 0.556. The van der Waals surface area contributed by atoms with Crippen molar-refractivity contribution in [2.75, 3.05) is 19.7 Å². The number of hydrogen-bond donors (Lipinski definition) is 0. The van der Waals surface area contributed by atoms with Gasteiger partial charge in [0.1, 0.15) is 5.75 Å². The molecule has 0 heterocycles. The third kappa shape index (κ3) is 5.79. The lowest BCUT2D eigenvalue weighted by Gasteiger charge is -2.27. The van der Waals surface area contributed by atoms with Gasteiger partial charge in [-0.2, -0.15) is 0 Å². The maximum Gasteiger partial charge on any atom is 0.119 e. The van der Waals surface area contributed by atoms with Gasteiger partial charge in [0.05, 0.1) is 6.61 Å². The average Bonchev–Trinajstić information content (AvgIpc) is 2.50. The van der Waals surface area contributed by atoms with Gasteiger partial charge in [-0.05, 0) is 50.4 Å². The Morgan fingerprint density at radius 3 is 2.45 bits per heavy atom. The van der Waals surface area contributed by atoms with Gasteiger partial charge in [0.2, 0.25) is 0 Å². The monoisotopic (exact) mass is 275 g/mol. The summed E-state index contributed by atoms with van der Waals surface area (Å²) in [6.45, 7) is 13.6. The fourth-order valence-corrected chi connectivity index (χ4v) is 2.26. The number of rotatable bonds is 10. The van der Waals surface area contributed by atoms with Crippen molar-refractivity contribution in [1.82, 2.24) is 4.90 Å². The van der Waals surface area contributed by atoms with Crippen LogP contribution in [0.15, 0.2) is 30.8 Å². The molecule has 1 rings (SSSR count). The minimum Gasteiger partial charge on any atom is -0.494 e. The van der Waals surface area contributed by atoms with Gasteiger partial charge >= 0.3 is 0 Å². The molecule has 1 atom stereocenters. The van der Waals surface area contributed by atoms with Crippen LogP contribution in [0.1, 0.15) is 45.6 Å². The summed E-state index contributed by atoms with van der Waals surface area (Å²) in [6.07, 6.45) is 5.35. The SMILES string of the molecule is C=Cc1ccc(OCCCN(CCC)C(C)CC)cc1. The lowest BCUT2D eigenvalue weighted by Crippen LogP contribution is -2.34. The molecule has 0 radical (unpaired) electrons. The maximum absolute atomic E-state index is 5.79. The lowest BCUT2D eigenvalue weighted by atomic mass is 10.2. The molecule has 112 valence electrons. The number of benzene rings is 1. The smallest absolute Gasteiger partial charge is 0.119 e. The Morgan fingerprint density at radius 2 is 1.90 bits per heavy atom. The average molecular weight is 275 g/mol. The first-order valence-electron chi connectivity index (χ1n) is 7.80. The van der Waals surface area contributed by atoms with E-state index in [9.17, 15) is 0 Å². The Labute approximate surface area is 124 Å². The highest BCUT2D eigenvalue weighted by Gasteiger charge is 2.10. The summed E-state index contributed by atoms with van der Waals surface area (Å²) in [7, 11) is 0. The number of ether oxygens (including phenoxy) is 1. The summed E-state index contributed by atoms with van der Waals surface area (Å²) in [4.78, 5) is 2.56. The van der Waals surface area contributed by atoms with Crippen LogP contribution in [0, 0.1) is 0 Å². The molecule has 0 bridgehead atoms. The molecule has 1 unspecified atom stereocenters. The van der Waals surface area contributed by atoms with Crippen molar-refractivity contribution in [2.24, 2.45) is 0 Å². The number of hydrogen-bond acceptors (Lipinski definition) is 2. The molecule has 0 spiro atoms. The zero-order valence-electron chi connectivity index (χ0n) is 13.3. The molecular weight excluding hydrogens is 246 g/mol. The van der Waals surface area contributed by atoms with E-state index in [-0.39, 0.29) is 0 Å². The summed E-state index contributed by atoms with van der Waals surface area (Å²) < 4.78 is 5.79. The van der Waals surface area contributed by atoms with Gasteiger partial charge in [0.25, 0.3) is 0 Å². The van der Waals surface area contributed by atoms with E-state index in [0.29, 0.717) is 6.04 Å². The molecule has 0 aliphatic rings. The highest BCUT2D eigenvalue weighted by Crippen LogP contribution is 2.13. The van der Waals surface area contributed by atoms with Crippen molar-refractivity contribution in [3.8, 4) is 5.75 Å². The summed E-state index contributed by atoms with van der Waals surface area (Å²) in [5.74, 6) is 0.946. The van der Waals surface area contributed by atoms with E-state index in [1.54, 1.807) is 0 Å². The third-order valence-corrected chi connectivity index (χ3v) is 3.70. The van der Waals surface area contributed by atoms with E-state index in [0.717, 1.165) is 30.9 Å². The van der Waals surface area contributed by atoms with Gasteiger partial charge in [0, 0.05) is 12.6 Å². The largest absolute Gasteiger partial charge is 0.494 e. The van der Waals surface area contributed by atoms with E-state index in [1.165, 1.54) is 19.4 Å². The Balaban J connectivity index is 2.29. The van der Waals surface area contributed by atoms with Gasteiger partial charge < -0.3 is 9.64 Å². The van der Waals surface area contributed by atoms with Gasteiger partial charge in [-0.1, -0.05) is 38.6 Å². The zero-order chi connectivity index (χ0) is 14.8. The first-order valence-corrected chi connectivity index (χ1v) is 7.80. The molecule has 0 saturated carbocycles. The van der Waals surface area contributed by atoms with Crippen LogP contribution >= 0.6 is 0 Å². The van der Waals surface area contributed by atoms with Crippen molar-refractivity contribution < 1.29 is 4.74 Å². The predicted octanol–water partition coefficient (Wildman–Crippen LogP) is 4.61. The zero-order valence-corrected chi connectivity index (χ0v) is 13.3. The molecule has 0 aromatic heterocycles. The second-order valence-electron chi connectivity index (χ2n) is 5.27. The molecule has 2 heteroatoms. The van der Waals surface area contributed by atoms with Crippen molar-refractivity contribution in [3.05, 3.63) is 36.4 Å². The fourth-order valence-electron chi connectivity index (χ4n) is 2.26. The minimum absolute atomic E-state index is 0.668. The van der Waals surface area contributed by atoms with Gasteiger partial charge in [-0.25, -0.2) is 0 Å². The maximum atomic E-state index is 5.79. The topological polar surface area (TPSA) is 12.5 Å². The predicted molar refractivity (Wildman–Crippen MR) is 88.3 cm³/mol. The first-order chi connectivity index (χ1) is 9.71. The molecule has 2 nitrogen and oxygen atoms in total. The Kier molecular flexibility index (Phi) is 8.05. The highest BCUT2D eigenvalue weighted by atomic mass is 16.5. The molecule has 0 aliphatic heterocycles. The van der Waals surface area contributed by atoms with Crippen molar-refractivity contribution >= 4 is 6.08 Å². The molecular formula is C18H29NO. The van der Waals surface area contributed by atoms with E-state index in [1.807, 2.05) is 30.3 Å². The third-order valence-electron chi connectivity index (χ3n) is 3.70. The second kappa shape index (κ2) is 9.60. The molecule has 0 saturated heterocycles. The van der Waals surface area contributed by atoms with Crippen LogP contribution in [0.25, 0.3) is 6.08 Å². The summed E-state index contributed by atoms with van der Waals surface area (Å²) >= 11 is 0. The normalized spacial score (nSPS) is 12.4. The quantitative estimate of drug-likeness (QED) is 0.578. The Hall–Kier alpha value is -1.28. The Morgan fingerprint density at radius 1 is 1.20 bits per heavy atom. The Bertz CT molecular complexity index is 372. The lowest BCUT2D eigenvalue weighted by molar-refractivity contribution is 0.184. The first kappa shape index (κ1) is 16.8. The minimum atomic E-state index is 0.668. The van der Waals surface area contributed by atoms with Crippen LogP contribution in [0.4, 0.5) is 0 Å². The second-order valence-corrected chi connectivity index (χ2v) is 5.27. The standard InChI is InChI=1S/C18H29NO/c1-5-13-19(16(4)6-2)14-8-15-20-18-11-9-17(7-3)10-12-18/h7,9-12,16H,3,5-6,8,13-15H2,1-2,4H3. The van der Waals surface area contributed by atoms with E-state index in [4.69, 9.17) is 4.74 Å². The summed E-state index contributed by atoms with van der Waals surface area (Å²) in [6, 6.07) is 8.75. The summed E-state index contributed by atoms with van der Waals surface area (Å²) in [5, 5.41) is 0. The molecule has 0 aliphatic carbocycles. The van der Waals surface area contributed by atoms with E-state index >= 15 is 0 Å². The van der Waals surface area contributed by atoms with Crippen LogP contribution in [0.5, 0.6) is 5.75 Å². The van der Waals surface area contributed by atoms with Gasteiger partial charge in [-0.15, -0.1) is 0 Å². The van der Waals surface area contributed by atoms with Gasteiger partial charge in [-0.3, -0.25) is 0 Å². The van der Waals surface area contributed by atoms with Crippen LogP contribution in [0.3, 0.4) is 0 Å². The summed E-state index contributed by atoms with van der Waals surface area (Å²) in [5.41, 5.74) is 1.13. The molecule has 0 fully saturated rings. The molecule has 0 amide bonds. The molecule has 1 aromatic carbocycles. The number of nitrogens with zero attached hydrogens (tertiary/aromatic N) is 1. The van der Waals surface area contributed by atoms with Crippen molar-refractivity contribution in [3.63, 3.8) is 0 Å². The van der Waals surface area contributed by atoms with Crippen molar-refractivity contribution in [1.29, 1.82) is 0 Å². The molecule has 0 N–H and O–H groups in total. The molecule has 20 heavy (non-hydrogen) atoms. The highest BCUT2D eigenvalue weighted by molar-refractivity contribution is 5.48. The van der Waals surface area contributed by atoms with Crippen LogP contribution in [0.2, 0.25) is 0 Å². The van der Waals surface area contributed by atoms with E-state index < -0.39 is 0 Å². The van der Waals surface area contributed by atoms with Crippen LogP contribution in [-0.2, 0) is 0 Å². The molecule has 1 aromatic rings. The van der Waals surface area contributed by atoms with Gasteiger partial charge in [0.15, 0.2) is 0 Å².